The van der Waals surface area contributed by atoms with Crippen molar-refractivity contribution >= 4 is 49.8 Å². The van der Waals surface area contributed by atoms with Crippen LogP contribution in [0.15, 0.2) is 53.7 Å². The van der Waals surface area contributed by atoms with Gasteiger partial charge in [0.1, 0.15) is 10.5 Å². The first-order valence-electron chi connectivity index (χ1n) is 8.04. The smallest absolute Gasteiger partial charge is 0.244 e. The molecular weight excluding hydrogens is 393 g/mol. The molecule has 0 amide bonds. The van der Waals surface area contributed by atoms with Crippen LogP contribution in [0.1, 0.15) is 12.0 Å². The van der Waals surface area contributed by atoms with Crippen molar-refractivity contribution < 1.29 is 8.42 Å². The molecule has 0 fully saturated rings. The van der Waals surface area contributed by atoms with Crippen molar-refractivity contribution in [1.82, 2.24) is 14.3 Å². The van der Waals surface area contributed by atoms with Gasteiger partial charge in [-0.3, -0.25) is 0 Å². The van der Waals surface area contributed by atoms with Crippen LogP contribution < -0.4 is 0 Å². The predicted octanol–water partition coefficient (Wildman–Crippen LogP) is 4.35. The summed E-state index contributed by atoms with van der Waals surface area (Å²) in [7, 11) is -3.70. The molecule has 1 aliphatic heterocycles. The number of sulfonamides is 1. The first-order valence-corrected chi connectivity index (χ1v) is 10.2. The first-order chi connectivity index (χ1) is 12.5. The predicted molar refractivity (Wildman–Crippen MR) is 104 cm³/mol. The van der Waals surface area contributed by atoms with Crippen molar-refractivity contribution in [2.75, 3.05) is 13.1 Å². The molecule has 3 aromatic rings. The maximum absolute atomic E-state index is 12.9. The van der Waals surface area contributed by atoms with E-state index in [-0.39, 0.29) is 21.5 Å². The van der Waals surface area contributed by atoms with Gasteiger partial charge in [-0.15, -0.1) is 0 Å². The molecule has 0 radical (unpaired) electrons. The largest absolute Gasteiger partial charge is 0.346 e. The number of nitrogens with zero attached hydrogens (tertiary/aromatic N) is 2. The summed E-state index contributed by atoms with van der Waals surface area (Å²) in [5.41, 5.74) is 2.99. The van der Waals surface area contributed by atoms with Crippen LogP contribution in [0.3, 0.4) is 0 Å². The van der Waals surface area contributed by atoms with E-state index in [1.165, 1.54) is 10.4 Å². The molecule has 2 aromatic heterocycles. The van der Waals surface area contributed by atoms with Gasteiger partial charge < -0.3 is 4.98 Å². The maximum Gasteiger partial charge on any atom is 0.244 e. The summed E-state index contributed by atoms with van der Waals surface area (Å²) in [6.45, 7) is 0.664. The number of aromatic amines is 1. The third-order valence-corrected chi connectivity index (χ3v) is 7.34. The molecule has 1 aliphatic rings. The van der Waals surface area contributed by atoms with Gasteiger partial charge in [-0.25, -0.2) is 13.4 Å². The molecule has 0 spiro atoms. The van der Waals surface area contributed by atoms with Crippen LogP contribution in [0.5, 0.6) is 0 Å². The minimum Gasteiger partial charge on any atom is -0.346 e. The summed E-state index contributed by atoms with van der Waals surface area (Å²) >= 11 is 12.1. The van der Waals surface area contributed by atoms with E-state index >= 15 is 0 Å². The quantitative estimate of drug-likeness (QED) is 0.701. The Kier molecular flexibility index (Phi) is 4.52. The van der Waals surface area contributed by atoms with E-state index in [0.29, 0.717) is 13.0 Å². The van der Waals surface area contributed by atoms with E-state index in [9.17, 15) is 8.42 Å². The Morgan fingerprint density at radius 2 is 2.00 bits per heavy atom. The van der Waals surface area contributed by atoms with Crippen molar-refractivity contribution in [2.45, 2.75) is 11.3 Å². The van der Waals surface area contributed by atoms with Gasteiger partial charge in [0.2, 0.25) is 10.0 Å². The van der Waals surface area contributed by atoms with Gasteiger partial charge in [0.15, 0.2) is 0 Å². The molecule has 0 saturated heterocycles. The summed E-state index contributed by atoms with van der Waals surface area (Å²) in [6, 6.07) is 8.53. The zero-order valence-electron chi connectivity index (χ0n) is 13.6. The van der Waals surface area contributed by atoms with E-state index in [4.69, 9.17) is 23.2 Å². The minimum atomic E-state index is -3.70. The molecule has 134 valence electrons. The third kappa shape index (κ3) is 2.93. The lowest BCUT2D eigenvalue weighted by atomic mass is 10.0. The number of halogens is 2. The second kappa shape index (κ2) is 6.70. The number of rotatable bonds is 3. The minimum absolute atomic E-state index is 0.0415. The van der Waals surface area contributed by atoms with Gasteiger partial charge in [-0.1, -0.05) is 35.3 Å². The van der Waals surface area contributed by atoms with E-state index in [1.807, 2.05) is 24.4 Å². The Morgan fingerprint density at radius 1 is 1.15 bits per heavy atom. The van der Waals surface area contributed by atoms with Crippen molar-refractivity contribution in [1.29, 1.82) is 0 Å². The molecule has 8 heteroatoms. The van der Waals surface area contributed by atoms with Crippen molar-refractivity contribution in [3.63, 3.8) is 0 Å². The summed E-state index contributed by atoms with van der Waals surface area (Å²) in [5, 5.41) is 1.33. The number of fused-ring (bicyclic) bond motifs is 1. The highest BCUT2D eigenvalue weighted by molar-refractivity contribution is 7.89. The zero-order valence-corrected chi connectivity index (χ0v) is 15.9. The average Bonchev–Trinajstić information content (AvgIpc) is 3.08. The Labute approximate surface area is 161 Å². The van der Waals surface area contributed by atoms with Gasteiger partial charge in [-0.2, -0.15) is 4.31 Å². The Hall–Kier alpha value is -1.86. The molecule has 1 N–H and O–H groups in total. The summed E-state index contributed by atoms with van der Waals surface area (Å²) in [6.07, 6.45) is 6.21. The fraction of sp³-hybridized carbons (Fsp3) is 0.167. The molecule has 0 bridgehead atoms. The molecular formula is C18H15Cl2N3O2S. The van der Waals surface area contributed by atoms with Gasteiger partial charge >= 0.3 is 0 Å². The van der Waals surface area contributed by atoms with Crippen LogP contribution in [0, 0.1) is 0 Å². The van der Waals surface area contributed by atoms with Gasteiger partial charge in [0, 0.05) is 36.4 Å². The van der Waals surface area contributed by atoms with Crippen LogP contribution in [0.4, 0.5) is 0 Å². The van der Waals surface area contributed by atoms with Crippen LogP contribution >= 0.6 is 23.2 Å². The van der Waals surface area contributed by atoms with Crippen LogP contribution in [0.25, 0.3) is 16.6 Å². The van der Waals surface area contributed by atoms with Gasteiger partial charge in [0.25, 0.3) is 0 Å². The fourth-order valence-electron chi connectivity index (χ4n) is 3.16. The number of aromatic nitrogens is 2. The molecule has 4 rings (SSSR count). The van der Waals surface area contributed by atoms with Crippen molar-refractivity contribution in [2.24, 2.45) is 0 Å². The van der Waals surface area contributed by atoms with Crippen LogP contribution in [-0.2, 0) is 10.0 Å². The second-order valence-electron chi connectivity index (χ2n) is 6.00. The number of hydrogen-bond donors (Lipinski definition) is 1. The van der Waals surface area contributed by atoms with E-state index < -0.39 is 10.0 Å². The van der Waals surface area contributed by atoms with Crippen LogP contribution in [-0.4, -0.2) is 35.8 Å². The Bertz CT molecular complexity index is 1120. The SMILES string of the molecule is O=S(=O)(c1cccc(Cl)c1Cl)N1CC=C(c2c[nH]c3ncccc23)CC1. The Balaban J connectivity index is 1.64. The molecule has 0 aliphatic carbocycles. The van der Waals surface area contributed by atoms with Crippen molar-refractivity contribution in [3.8, 4) is 0 Å². The highest BCUT2D eigenvalue weighted by Crippen LogP contribution is 2.34. The van der Waals surface area contributed by atoms with Crippen LogP contribution in [0.2, 0.25) is 10.0 Å². The fourth-order valence-corrected chi connectivity index (χ4v) is 5.27. The lowest BCUT2D eigenvalue weighted by Gasteiger charge is -2.26. The first kappa shape index (κ1) is 17.5. The highest BCUT2D eigenvalue weighted by Gasteiger charge is 2.29. The lowest BCUT2D eigenvalue weighted by molar-refractivity contribution is 0.441. The van der Waals surface area contributed by atoms with E-state index in [0.717, 1.165) is 22.2 Å². The number of hydrogen-bond acceptors (Lipinski definition) is 3. The lowest BCUT2D eigenvalue weighted by Crippen LogP contribution is -2.34. The number of benzene rings is 1. The van der Waals surface area contributed by atoms with E-state index in [1.54, 1.807) is 18.3 Å². The summed E-state index contributed by atoms with van der Waals surface area (Å²) < 4.78 is 27.2. The molecule has 3 heterocycles. The molecule has 0 atom stereocenters. The molecule has 1 aromatic carbocycles. The average molecular weight is 408 g/mol. The standard InChI is InChI=1S/C18H15Cl2N3O2S/c19-15-4-1-5-16(17(15)20)26(24,25)23-9-6-12(7-10-23)14-11-22-18-13(14)3-2-8-21-18/h1-6,8,11H,7,9-10H2,(H,21,22). The van der Waals surface area contributed by atoms with Gasteiger partial charge in [-0.05, 0) is 36.3 Å². The monoisotopic (exact) mass is 407 g/mol. The maximum atomic E-state index is 12.9. The third-order valence-electron chi connectivity index (χ3n) is 4.50. The normalized spacial score (nSPS) is 16.0. The number of H-pyrrole nitrogens is 1. The zero-order chi connectivity index (χ0) is 18.3. The Morgan fingerprint density at radius 3 is 2.77 bits per heavy atom. The highest BCUT2D eigenvalue weighted by atomic mass is 35.5. The molecule has 0 saturated carbocycles. The molecule has 26 heavy (non-hydrogen) atoms. The molecule has 0 unspecified atom stereocenters. The molecule has 5 nitrogen and oxygen atoms in total. The summed E-state index contributed by atoms with van der Waals surface area (Å²) in [4.78, 5) is 7.48. The van der Waals surface area contributed by atoms with Gasteiger partial charge in [0.05, 0.1) is 10.0 Å². The number of pyridine rings is 1. The topological polar surface area (TPSA) is 66.1 Å². The number of nitrogens with one attached hydrogen (secondary N) is 1. The second-order valence-corrected chi connectivity index (χ2v) is 8.69. The van der Waals surface area contributed by atoms with E-state index in [2.05, 4.69) is 9.97 Å². The summed E-state index contributed by atoms with van der Waals surface area (Å²) in [5.74, 6) is 0. The van der Waals surface area contributed by atoms with Crippen molar-refractivity contribution in [3.05, 3.63) is 64.4 Å².